The van der Waals surface area contributed by atoms with E-state index >= 15 is 0 Å². The second-order valence-electron chi connectivity index (χ2n) is 5.32. The van der Waals surface area contributed by atoms with Crippen molar-refractivity contribution in [1.29, 1.82) is 0 Å². The molecule has 0 aromatic rings. The third-order valence-electron chi connectivity index (χ3n) is 3.13. The van der Waals surface area contributed by atoms with Gasteiger partial charge in [0.05, 0.1) is 0 Å². The molecular weight excluding hydrogens is 434 g/mol. The summed E-state index contributed by atoms with van der Waals surface area (Å²) in [6.07, 6.45) is -18.0. The first-order chi connectivity index (χ1) is 11.2. The summed E-state index contributed by atoms with van der Waals surface area (Å²) in [7, 11) is 0. The molecule has 0 radical (unpaired) electrons. The molecule has 0 fully saturated rings. The average molecular weight is 442 g/mol. The highest BCUT2D eigenvalue weighted by Crippen LogP contribution is 2.54. The number of alkyl halides is 14. The van der Waals surface area contributed by atoms with E-state index in [1.807, 2.05) is 0 Å². The van der Waals surface area contributed by atoms with Crippen LogP contribution in [0.5, 0.6) is 0 Å². The largest absolute Gasteiger partial charge is 0.460 e. The van der Waals surface area contributed by atoms with E-state index < -0.39 is 53.9 Å². The predicted molar refractivity (Wildman–Crippen MR) is 54.8 cm³/mol. The van der Waals surface area contributed by atoms with E-state index in [4.69, 9.17) is 10.2 Å². The molecule has 0 saturated heterocycles. The van der Waals surface area contributed by atoms with Crippen LogP contribution in [0, 0.1) is 0 Å². The maximum atomic E-state index is 13.3. The minimum atomic E-state index is -7.30. The zero-order valence-corrected chi connectivity index (χ0v) is 12.0. The number of nitrogens with two attached hydrogens (primary N) is 2. The zero-order valence-electron chi connectivity index (χ0n) is 12.0. The maximum Gasteiger partial charge on any atom is 0.460 e. The fraction of sp³-hybridized carbons (Fsp3) is 1.00. The van der Waals surface area contributed by atoms with Crippen LogP contribution in [0.25, 0.3) is 0 Å². The van der Waals surface area contributed by atoms with E-state index in [0.29, 0.717) is 0 Å². The minimum absolute atomic E-state index is 3.57. The summed E-state index contributed by atoms with van der Waals surface area (Å²) in [5.74, 6) is -28.6. The highest BCUT2D eigenvalue weighted by atomic mass is 19.4. The van der Waals surface area contributed by atoms with Crippen molar-refractivity contribution in [3.63, 3.8) is 0 Å². The van der Waals surface area contributed by atoms with Crippen LogP contribution < -0.4 is 11.5 Å². The lowest BCUT2D eigenvalue weighted by atomic mass is 9.86. The molecular formula is C9H8F14N2O2. The second kappa shape index (κ2) is 6.18. The van der Waals surface area contributed by atoms with Gasteiger partial charge in [-0.05, 0) is 0 Å². The van der Waals surface area contributed by atoms with E-state index in [-0.39, 0.29) is 0 Å². The molecule has 0 aromatic carbocycles. The summed E-state index contributed by atoms with van der Waals surface area (Å²) in [6.45, 7) is 0. The van der Waals surface area contributed by atoms with Gasteiger partial charge in [-0.2, -0.15) is 61.5 Å². The molecule has 2 atom stereocenters. The summed E-state index contributed by atoms with van der Waals surface area (Å²) < 4.78 is 176. The normalized spacial score (nSPS) is 20.2. The maximum absolute atomic E-state index is 13.3. The van der Waals surface area contributed by atoms with Gasteiger partial charge in [0.2, 0.25) is 0 Å². The standard InChI is InChI=1S/C9H8F14N2O2/c10-4(11,6(14,15)8(18,19)20)2(24,26)1-3(25,27)5(12,13)7(16,17)9(21,22)23/h26-27H,1,24-25H2/t2-,3-/m1/s1. The Morgan fingerprint density at radius 1 is 0.444 bits per heavy atom. The van der Waals surface area contributed by atoms with Crippen LogP contribution in [0.3, 0.4) is 0 Å². The predicted octanol–water partition coefficient (Wildman–Crippen LogP) is 2.34. The molecule has 164 valence electrons. The monoisotopic (exact) mass is 442 g/mol. The third kappa shape index (κ3) is 3.75. The van der Waals surface area contributed by atoms with Gasteiger partial charge in [-0.25, -0.2) is 0 Å². The molecule has 0 saturated carbocycles. The van der Waals surface area contributed by atoms with Crippen molar-refractivity contribution in [1.82, 2.24) is 0 Å². The Bertz CT molecular complexity index is 502. The lowest BCUT2D eigenvalue weighted by Gasteiger charge is -2.44. The molecule has 0 aliphatic carbocycles. The first-order valence-corrected chi connectivity index (χ1v) is 5.88. The number of hydrogen-bond acceptors (Lipinski definition) is 4. The quantitative estimate of drug-likeness (QED) is 0.376. The first-order valence-electron chi connectivity index (χ1n) is 5.88. The topological polar surface area (TPSA) is 92.5 Å². The lowest BCUT2D eigenvalue weighted by Crippen LogP contribution is -2.75. The highest BCUT2D eigenvalue weighted by molar-refractivity contribution is 5.09. The van der Waals surface area contributed by atoms with Crippen LogP contribution in [-0.2, 0) is 0 Å². The third-order valence-corrected chi connectivity index (χ3v) is 3.13. The van der Waals surface area contributed by atoms with Crippen LogP contribution in [0.15, 0.2) is 0 Å². The SMILES string of the molecule is N[C@@](O)(C[C@@](N)(O)C(F)(F)C(F)(F)C(F)(F)F)C(F)(F)C(F)(F)C(F)(F)F. The molecule has 27 heavy (non-hydrogen) atoms. The van der Waals surface area contributed by atoms with Gasteiger partial charge in [-0.1, -0.05) is 0 Å². The van der Waals surface area contributed by atoms with Crippen LogP contribution in [0.1, 0.15) is 6.42 Å². The molecule has 0 heterocycles. The van der Waals surface area contributed by atoms with Gasteiger partial charge < -0.3 is 10.2 Å². The number of halogens is 14. The van der Waals surface area contributed by atoms with Crippen molar-refractivity contribution >= 4 is 0 Å². The zero-order chi connectivity index (χ0) is 22.7. The smallest absolute Gasteiger partial charge is 0.370 e. The summed E-state index contributed by atoms with van der Waals surface area (Å²) in [6, 6.07) is 0. The molecule has 0 bridgehead atoms. The Kier molecular flexibility index (Phi) is 5.92. The van der Waals surface area contributed by atoms with Crippen molar-refractivity contribution in [3.8, 4) is 0 Å². The number of aliphatic hydroxyl groups is 2. The van der Waals surface area contributed by atoms with Gasteiger partial charge >= 0.3 is 36.0 Å². The van der Waals surface area contributed by atoms with Crippen molar-refractivity contribution in [2.45, 2.75) is 53.9 Å². The highest BCUT2D eigenvalue weighted by Gasteiger charge is 2.83. The van der Waals surface area contributed by atoms with Crippen molar-refractivity contribution < 1.29 is 71.7 Å². The summed E-state index contributed by atoms with van der Waals surface area (Å²) in [4.78, 5) is 0. The molecule has 0 unspecified atom stereocenters. The summed E-state index contributed by atoms with van der Waals surface area (Å²) in [5.41, 5.74) is -3.40. The number of rotatable bonds is 6. The van der Waals surface area contributed by atoms with E-state index in [0.717, 1.165) is 0 Å². The first kappa shape index (κ1) is 25.9. The lowest BCUT2D eigenvalue weighted by molar-refractivity contribution is -0.409. The molecule has 0 aliphatic heterocycles. The Labute approximate surface area is 138 Å². The molecule has 18 heteroatoms. The Morgan fingerprint density at radius 2 is 0.630 bits per heavy atom. The van der Waals surface area contributed by atoms with Crippen molar-refractivity contribution in [2.24, 2.45) is 11.5 Å². The van der Waals surface area contributed by atoms with E-state index in [1.165, 1.54) is 0 Å². The summed E-state index contributed by atoms with van der Waals surface area (Å²) >= 11 is 0. The minimum Gasteiger partial charge on any atom is -0.370 e. The van der Waals surface area contributed by atoms with Gasteiger partial charge in [0.1, 0.15) is 0 Å². The molecule has 0 aliphatic rings. The van der Waals surface area contributed by atoms with Gasteiger partial charge in [-0.3, -0.25) is 11.5 Å². The van der Waals surface area contributed by atoms with Crippen molar-refractivity contribution in [3.05, 3.63) is 0 Å². The van der Waals surface area contributed by atoms with E-state index in [1.54, 1.807) is 0 Å². The molecule has 0 aromatic heterocycles. The fourth-order valence-corrected chi connectivity index (χ4v) is 1.53. The van der Waals surface area contributed by atoms with Gasteiger partial charge in [0.15, 0.2) is 11.4 Å². The van der Waals surface area contributed by atoms with Crippen LogP contribution in [-0.4, -0.2) is 57.7 Å². The Morgan fingerprint density at radius 3 is 0.778 bits per heavy atom. The van der Waals surface area contributed by atoms with Gasteiger partial charge in [-0.15, -0.1) is 0 Å². The molecule has 6 N–H and O–H groups in total. The van der Waals surface area contributed by atoms with Crippen LogP contribution >= 0.6 is 0 Å². The Balaban J connectivity index is 6.19. The fourth-order valence-electron chi connectivity index (χ4n) is 1.53. The van der Waals surface area contributed by atoms with Gasteiger partial charge in [0, 0.05) is 6.42 Å². The van der Waals surface area contributed by atoms with E-state index in [9.17, 15) is 61.5 Å². The second-order valence-corrected chi connectivity index (χ2v) is 5.32. The van der Waals surface area contributed by atoms with Crippen molar-refractivity contribution in [2.75, 3.05) is 0 Å². The summed E-state index contributed by atoms with van der Waals surface area (Å²) in [5, 5.41) is 17.7. The average Bonchev–Trinajstić information content (AvgIpc) is 2.33. The van der Waals surface area contributed by atoms with Crippen LogP contribution in [0.2, 0.25) is 0 Å². The number of hydrogen-bond donors (Lipinski definition) is 4. The van der Waals surface area contributed by atoms with Crippen LogP contribution in [0.4, 0.5) is 61.5 Å². The molecule has 4 nitrogen and oxygen atoms in total. The van der Waals surface area contributed by atoms with E-state index in [2.05, 4.69) is 11.5 Å². The Hall–Kier alpha value is -1.14. The molecule has 0 rings (SSSR count). The molecule has 0 spiro atoms. The van der Waals surface area contributed by atoms with Gasteiger partial charge in [0.25, 0.3) is 0 Å². The molecule has 0 amide bonds.